The molecular formula is C19H23BrN4O. The highest BCUT2D eigenvalue weighted by atomic mass is 79.9. The van der Waals surface area contributed by atoms with E-state index in [1.165, 1.54) is 5.56 Å². The third-order valence-corrected chi connectivity index (χ3v) is 5.71. The summed E-state index contributed by atoms with van der Waals surface area (Å²) in [5.41, 5.74) is 2.19. The van der Waals surface area contributed by atoms with Crippen molar-refractivity contribution in [2.75, 3.05) is 26.2 Å². The molecular weight excluding hydrogens is 380 g/mol. The maximum absolute atomic E-state index is 12.7. The second-order valence-corrected chi connectivity index (χ2v) is 8.55. The fourth-order valence-corrected chi connectivity index (χ4v) is 4.35. The summed E-state index contributed by atoms with van der Waals surface area (Å²) in [5, 5.41) is 4.44. The number of halogens is 1. The molecule has 4 rings (SSSR count). The molecule has 0 saturated carbocycles. The number of benzene rings is 1. The normalized spacial score (nSPS) is 19.1. The number of aromatic nitrogens is 2. The molecule has 0 unspecified atom stereocenters. The van der Waals surface area contributed by atoms with E-state index in [4.69, 9.17) is 0 Å². The first-order valence-corrected chi connectivity index (χ1v) is 9.55. The summed E-state index contributed by atoms with van der Waals surface area (Å²) in [7, 11) is 0. The van der Waals surface area contributed by atoms with E-state index in [2.05, 4.69) is 70.1 Å². The van der Waals surface area contributed by atoms with Gasteiger partial charge in [-0.05, 0) is 35.3 Å². The van der Waals surface area contributed by atoms with E-state index in [0.29, 0.717) is 11.1 Å². The number of amides is 1. The average molecular weight is 403 g/mol. The van der Waals surface area contributed by atoms with Crippen molar-refractivity contribution < 1.29 is 4.79 Å². The van der Waals surface area contributed by atoms with E-state index < -0.39 is 0 Å². The Labute approximate surface area is 156 Å². The third-order valence-electron chi connectivity index (χ3n) is 5.13. The molecule has 1 spiro atoms. The summed E-state index contributed by atoms with van der Waals surface area (Å²) in [5.74, 6) is 0.0402. The largest absolute Gasteiger partial charge is 0.336 e. The van der Waals surface area contributed by atoms with Crippen molar-refractivity contribution >= 4 is 21.8 Å². The highest BCUT2D eigenvalue weighted by Gasteiger charge is 2.53. The molecule has 5 nitrogen and oxygen atoms in total. The number of hydrogen-bond donors (Lipinski definition) is 0. The van der Waals surface area contributed by atoms with Crippen LogP contribution in [0.5, 0.6) is 0 Å². The van der Waals surface area contributed by atoms with Crippen molar-refractivity contribution in [3.05, 3.63) is 52.3 Å². The lowest BCUT2D eigenvalue weighted by molar-refractivity contribution is -0.102. The van der Waals surface area contributed by atoms with Gasteiger partial charge in [-0.25, -0.2) is 0 Å². The molecule has 0 bridgehead atoms. The van der Waals surface area contributed by atoms with Crippen molar-refractivity contribution in [3.63, 3.8) is 0 Å². The molecule has 132 valence electrons. The van der Waals surface area contributed by atoms with Gasteiger partial charge in [0.05, 0.1) is 4.47 Å². The molecule has 2 saturated heterocycles. The van der Waals surface area contributed by atoms with Gasteiger partial charge in [0.2, 0.25) is 0 Å². The van der Waals surface area contributed by atoms with Crippen LogP contribution in [0.25, 0.3) is 0 Å². The molecule has 0 radical (unpaired) electrons. The minimum atomic E-state index is 0.0402. The molecule has 2 aliphatic heterocycles. The summed E-state index contributed by atoms with van der Waals surface area (Å²) in [6.45, 7) is 8.96. The maximum atomic E-state index is 12.7. The Balaban J connectivity index is 1.32. The number of rotatable bonds is 4. The van der Waals surface area contributed by atoms with Crippen LogP contribution in [0.15, 0.2) is 41.0 Å². The van der Waals surface area contributed by atoms with Crippen molar-refractivity contribution in [1.29, 1.82) is 0 Å². The molecule has 0 N–H and O–H groups in total. The van der Waals surface area contributed by atoms with Gasteiger partial charge in [0.15, 0.2) is 5.69 Å². The Morgan fingerprint density at radius 1 is 1.20 bits per heavy atom. The lowest BCUT2D eigenvalue weighted by Crippen LogP contribution is -2.72. The van der Waals surface area contributed by atoms with Gasteiger partial charge in [0.1, 0.15) is 0 Å². The summed E-state index contributed by atoms with van der Waals surface area (Å²) in [6.07, 6.45) is 1.89. The topological polar surface area (TPSA) is 41.4 Å². The van der Waals surface area contributed by atoms with Crippen LogP contribution in [-0.4, -0.2) is 51.7 Å². The lowest BCUT2D eigenvalue weighted by Gasteiger charge is -2.60. The van der Waals surface area contributed by atoms with Crippen LogP contribution in [0.4, 0.5) is 0 Å². The van der Waals surface area contributed by atoms with E-state index in [-0.39, 0.29) is 11.9 Å². The van der Waals surface area contributed by atoms with Crippen molar-refractivity contribution in [3.8, 4) is 0 Å². The van der Waals surface area contributed by atoms with Gasteiger partial charge in [-0.1, -0.05) is 30.3 Å². The van der Waals surface area contributed by atoms with Crippen LogP contribution >= 0.6 is 15.9 Å². The van der Waals surface area contributed by atoms with Gasteiger partial charge in [0.25, 0.3) is 5.91 Å². The molecule has 1 amide bonds. The van der Waals surface area contributed by atoms with Gasteiger partial charge in [0, 0.05) is 50.4 Å². The molecule has 1 aromatic heterocycles. The quantitative estimate of drug-likeness (QED) is 0.788. The SMILES string of the molecule is CC(C)n1cc(Br)c(C(=O)N2CC3(CN(Cc4ccccc4)C3)C2)n1. The van der Waals surface area contributed by atoms with Crippen LogP contribution in [0.3, 0.4) is 0 Å². The van der Waals surface area contributed by atoms with Crippen molar-refractivity contribution in [2.45, 2.75) is 26.4 Å². The number of likely N-dealkylation sites (tertiary alicyclic amines) is 2. The standard InChI is InChI=1S/C19H23BrN4O/c1-14(2)24-9-16(20)17(21-24)18(25)23-12-19(13-23)10-22(11-19)8-15-6-4-3-5-7-15/h3-7,9,14H,8,10-13H2,1-2H3. The fraction of sp³-hybridized carbons (Fsp3) is 0.474. The first kappa shape index (κ1) is 16.8. The van der Waals surface area contributed by atoms with Gasteiger partial charge in [-0.15, -0.1) is 0 Å². The summed E-state index contributed by atoms with van der Waals surface area (Å²) in [4.78, 5) is 17.1. The predicted molar refractivity (Wildman–Crippen MR) is 100 cm³/mol. The molecule has 2 fully saturated rings. The average Bonchev–Trinajstić information content (AvgIpc) is 2.91. The summed E-state index contributed by atoms with van der Waals surface area (Å²) >= 11 is 3.47. The predicted octanol–water partition coefficient (Wildman–Crippen LogP) is 3.18. The number of nitrogens with zero attached hydrogens (tertiary/aromatic N) is 4. The van der Waals surface area contributed by atoms with Crippen molar-refractivity contribution in [1.82, 2.24) is 19.6 Å². The monoisotopic (exact) mass is 402 g/mol. The zero-order chi connectivity index (χ0) is 17.6. The van der Waals surface area contributed by atoms with E-state index >= 15 is 0 Å². The smallest absolute Gasteiger partial charge is 0.275 e. The Kier molecular flexibility index (Phi) is 4.20. The van der Waals surface area contributed by atoms with E-state index in [9.17, 15) is 4.79 Å². The van der Waals surface area contributed by atoms with Crippen LogP contribution in [0.1, 0.15) is 35.9 Å². The lowest BCUT2D eigenvalue weighted by atomic mass is 9.72. The van der Waals surface area contributed by atoms with E-state index in [1.54, 1.807) is 0 Å². The zero-order valence-corrected chi connectivity index (χ0v) is 16.2. The second kappa shape index (κ2) is 6.25. The summed E-state index contributed by atoms with van der Waals surface area (Å²) < 4.78 is 2.61. The van der Waals surface area contributed by atoms with Gasteiger partial charge < -0.3 is 4.90 Å². The van der Waals surface area contributed by atoms with E-state index in [0.717, 1.165) is 37.2 Å². The number of carbonyl (C=O) groups excluding carboxylic acids is 1. The third kappa shape index (κ3) is 3.13. The van der Waals surface area contributed by atoms with Crippen LogP contribution < -0.4 is 0 Å². The van der Waals surface area contributed by atoms with E-state index in [1.807, 2.05) is 15.8 Å². The van der Waals surface area contributed by atoms with Gasteiger partial charge >= 0.3 is 0 Å². The summed E-state index contributed by atoms with van der Waals surface area (Å²) in [6, 6.07) is 10.8. The Morgan fingerprint density at radius 3 is 2.48 bits per heavy atom. The van der Waals surface area contributed by atoms with Crippen LogP contribution in [0.2, 0.25) is 0 Å². The van der Waals surface area contributed by atoms with Crippen molar-refractivity contribution in [2.24, 2.45) is 5.41 Å². The number of carbonyl (C=O) groups is 1. The molecule has 2 aromatic rings. The first-order chi connectivity index (χ1) is 12.0. The molecule has 3 heterocycles. The molecule has 0 aliphatic carbocycles. The molecule has 1 aromatic carbocycles. The first-order valence-electron chi connectivity index (χ1n) is 8.76. The zero-order valence-electron chi connectivity index (χ0n) is 14.7. The van der Waals surface area contributed by atoms with Gasteiger partial charge in [-0.3, -0.25) is 14.4 Å². The minimum Gasteiger partial charge on any atom is -0.336 e. The van der Waals surface area contributed by atoms with Crippen LogP contribution in [0, 0.1) is 5.41 Å². The molecule has 2 aliphatic rings. The second-order valence-electron chi connectivity index (χ2n) is 7.69. The Bertz CT molecular complexity index is 772. The molecule has 0 atom stereocenters. The minimum absolute atomic E-state index is 0.0402. The maximum Gasteiger partial charge on any atom is 0.275 e. The fourth-order valence-electron chi connectivity index (χ4n) is 3.89. The highest BCUT2D eigenvalue weighted by molar-refractivity contribution is 9.10. The van der Waals surface area contributed by atoms with Crippen LogP contribution in [-0.2, 0) is 6.54 Å². The van der Waals surface area contributed by atoms with Gasteiger partial charge in [-0.2, -0.15) is 5.10 Å². The highest BCUT2D eigenvalue weighted by Crippen LogP contribution is 2.41. The Hall–Kier alpha value is -1.66. The Morgan fingerprint density at radius 2 is 1.88 bits per heavy atom. The molecule has 6 heteroatoms. The number of hydrogen-bond acceptors (Lipinski definition) is 3. The molecule has 25 heavy (non-hydrogen) atoms.